The molecule has 1 unspecified atom stereocenters. The Bertz CT molecular complexity index is 134. The average Bonchev–Trinajstić information content (AvgIpc) is 1.80. The summed E-state index contributed by atoms with van der Waals surface area (Å²) in [5.41, 5.74) is 0. The van der Waals surface area contributed by atoms with Crippen molar-refractivity contribution >= 4 is 30.8 Å². The summed E-state index contributed by atoms with van der Waals surface area (Å²) < 4.78 is 10.4. The standard InChI is InChI=1S/C4H9Cl2O3P/c5-3-1-2-4(6)10(7,8)9/h4H,1-3H2,(H2,7,8,9). The fourth-order valence-corrected chi connectivity index (χ4v) is 1.24. The zero-order valence-corrected chi connectivity index (χ0v) is 7.61. The molecule has 0 saturated carbocycles. The van der Waals surface area contributed by atoms with Crippen molar-refractivity contribution < 1.29 is 14.4 Å². The van der Waals surface area contributed by atoms with E-state index in [1.54, 1.807) is 0 Å². The van der Waals surface area contributed by atoms with Gasteiger partial charge in [-0.05, 0) is 12.8 Å². The van der Waals surface area contributed by atoms with Crippen LogP contribution in [-0.4, -0.2) is 20.8 Å². The molecule has 0 aromatic rings. The molecule has 0 saturated heterocycles. The summed E-state index contributed by atoms with van der Waals surface area (Å²) in [6.07, 6.45) is 0.788. The molecule has 1 atom stereocenters. The minimum absolute atomic E-state index is 0.259. The highest BCUT2D eigenvalue weighted by Gasteiger charge is 2.25. The highest BCUT2D eigenvalue weighted by molar-refractivity contribution is 7.54. The molecule has 2 N–H and O–H groups in total. The summed E-state index contributed by atoms with van der Waals surface area (Å²) in [5, 5.41) is -1.08. The van der Waals surface area contributed by atoms with Crippen LogP contribution in [0.5, 0.6) is 0 Å². The van der Waals surface area contributed by atoms with Crippen LogP contribution in [0.1, 0.15) is 12.8 Å². The number of hydrogen-bond donors (Lipinski definition) is 2. The van der Waals surface area contributed by atoms with E-state index < -0.39 is 12.7 Å². The Morgan fingerprint density at radius 1 is 1.50 bits per heavy atom. The molecule has 0 fully saturated rings. The normalized spacial score (nSPS) is 15.2. The minimum atomic E-state index is -4.08. The molecule has 62 valence electrons. The van der Waals surface area contributed by atoms with Crippen LogP contribution >= 0.6 is 30.8 Å². The lowest BCUT2D eigenvalue weighted by molar-refractivity contribution is 0.366. The van der Waals surface area contributed by atoms with Gasteiger partial charge in [0.15, 0.2) is 0 Å². The van der Waals surface area contributed by atoms with Gasteiger partial charge in [-0.15, -0.1) is 23.2 Å². The van der Waals surface area contributed by atoms with Crippen LogP contribution in [0.4, 0.5) is 0 Å². The van der Waals surface area contributed by atoms with Gasteiger partial charge in [0.1, 0.15) is 5.12 Å². The quantitative estimate of drug-likeness (QED) is 0.545. The highest BCUT2D eigenvalue weighted by Crippen LogP contribution is 2.45. The lowest BCUT2D eigenvalue weighted by Gasteiger charge is -2.08. The van der Waals surface area contributed by atoms with Gasteiger partial charge in [-0.25, -0.2) is 0 Å². The fourth-order valence-electron chi connectivity index (χ4n) is 0.414. The van der Waals surface area contributed by atoms with Crippen molar-refractivity contribution in [1.82, 2.24) is 0 Å². The van der Waals surface area contributed by atoms with Gasteiger partial charge in [-0.1, -0.05) is 0 Å². The van der Waals surface area contributed by atoms with E-state index in [4.69, 9.17) is 33.0 Å². The third-order valence-corrected chi connectivity index (χ3v) is 3.18. The number of alkyl halides is 2. The van der Waals surface area contributed by atoms with E-state index in [1.165, 1.54) is 0 Å². The molecular formula is C4H9Cl2O3P. The maximum atomic E-state index is 10.4. The first-order valence-corrected chi connectivity index (χ1v) is 5.39. The second-order valence-corrected chi connectivity index (χ2v) is 4.87. The van der Waals surface area contributed by atoms with Crippen molar-refractivity contribution in [3.8, 4) is 0 Å². The average molecular weight is 207 g/mol. The zero-order chi connectivity index (χ0) is 8.20. The van der Waals surface area contributed by atoms with Gasteiger partial charge < -0.3 is 9.79 Å². The van der Waals surface area contributed by atoms with Gasteiger partial charge in [0.25, 0.3) is 0 Å². The molecule has 3 nitrogen and oxygen atoms in total. The van der Waals surface area contributed by atoms with Crippen molar-refractivity contribution in [2.45, 2.75) is 18.0 Å². The molecule has 0 aromatic carbocycles. The van der Waals surface area contributed by atoms with Crippen LogP contribution in [0.25, 0.3) is 0 Å². The fraction of sp³-hybridized carbons (Fsp3) is 1.00. The smallest absolute Gasteiger partial charge is 0.323 e. The number of halogens is 2. The Morgan fingerprint density at radius 3 is 2.30 bits per heavy atom. The Labute approximate surface area is 69.5 Å². The second-order valence-electron chi connectivity index (χ2n) is 1.85. The number of rotatable bonds is 4. The first-order valence-electron chi connectivity index (χ1n) is 2.73. The van der Waals surface area contributed by atoms with E-state index >= 15 is 0 Å². The van der Waals surface area contributed by atoms with E-state index in [1.807, 2.05) is 0 Å². The van der Waals surface area contributed by atoms with Gasteiger partial charge in [-0.3, -0.25) is 4.57 Å². The van der Waals surface area contributed by atoms with Crippen LogP contribution in [-0.2, 0) is 4.57 Å². The maximum absolute atomic E-state index is 10.4. The predicted molar refractivity (Wildman–Crippen MR) is 41.6 cm³/mol. The molecule has 0 radical (unpaired) electrons. The Balaban J connectivity index is 3.63. The first kappa shape index (κ1) is 10.7. The van der Waals surface area contributed by atoms with Crippen LogP contribution < -0.4 is 0 Å². The largest absolute Gasteiger partial charge is 0.343 e. The molecule has 0 aliphatic heterocycles. The highest BCUT2D eigenvalue weighted by atomic mass is 35.5. The van der Waals surface area contributed by atoms with Crippen molar-refractivity contribution in [3.05, 3.63) is 0 Å². The number of hydrogen-bond acceptors (Lipinski definition) is 1. The SMILES string of the molecule is O=P(O)(O)C(Cl)CCCCl. The Morgan fingerprint density at radius 2 is 2.00 bits per heavy atom. The molecule has 6 heteroatoms. The molecule has 10 heavy (non-hydrogen) atoms. The third-order valence-electron chi connectivity index (χ3n) is 0.941. The Kier molecular flexibility index (Phi) is 4.91. The molecule has 0 heterocycles. The summed E-state index contributed by atoms with van der Waals surface area (Å²) in [7, 11) is -4.08. The predicted octanol–water partition coefficient (Wildman–Crippen LogP) is 1.75. The topological polar surface area (TPSA) is 57.5 Å². The second kappa shape index (κ2) is 4.58. The molecule has 0 bridgehead atoms. The summed E-state index contributed by atoms with van der Waals surface area (Å²) in [6, 6.07) is 0. The summed E-state index contributed by atoms with van der Waals surface area (Å²) in [4.78, 5) is 16.9. The molecule has 0 aliphatic carbocycles. The van der Waals surface area contributed by atoms with Crippen LogP contribution in [0.3, 0.4) is 0 Å². The molecule has 0 aliphatic rings. The van der Waals surface area contributed by atoms with E-state index in [-0.39, 0.29) is 6.42 Å². The van der Waals surface area contributed by atoms with Crippen LogP contribution in [0.15, 0.2) is 0 Å². The van der Waals surface area contributed by atoms with E-state index in [9.17, 15) is 4.57 Å². The molecular weight excluding hydrogens is 198 g/mol. The van der Waals surface area contributed by atoms with E-state index in [2.05, 4.69) is 0 Å². The van der Waals surface area contributed by atoms with Crippen LogP contribution in [0.2, 0.25) is 0 Å². The van der Waals surface area contributed by atoms with Crippen molar-refractivity contribution in [2.24, 2.45) is 0 Å². The molecule has 0 spiro atoms. The monoisotopic (exact) mass is 206 g/mol. The van der Waals surface area contributed by atoms with Gasteiger partial charge in [-0.2, -0.15) is 0 Å². The van der Waals surface area contributed by atoms with Crippen LogP contribution in [0, 0.1) is 0 Å². The van der Waals surface area contributed by atoms with E-state index in [0.717, 1.165) is 0 Å². The lowest BCUT2D eigenvalue weighted by Crippen LogP contribution is -1.99. The summed E-state index contributed by atoms with van der Waals surface area (Å²) >= 11 is 10.6. The van der Waals surface area contributed by atoms with Crippen molar-refractivity contribution in [3.63, 3.8) is 0 Å². The van der Waals surface area contributed by atoms with Gasteiger partial charge in [0.2, 0.25) is 0 Å². The van der Waals surface area contributed by atoms with E-state index in [0.29, 0.717) is 12.3 Å². The van der Waals surface area contributed by atoms with Gasteiger partial charge in [0, 0.05) is 5.88 Å². The minimum Gasteiger partial charge on any atom is -0.323 e. The summed E-state index contributed by atoms with van der Waals surface area (Å²) in [6.45, 7) is 0. The summed E-state index contributed by atoms with van der Waals surface area (Å²) in [5.74, 6) is 0.378. The molecule has 0 rings (SSSR count). The molecule has 0 amide bonds. The zero-order valence-electron chi connectivity index (χ0n) is 5.20. The van der Waals surface area contributed by atoms with Crippen molar-refractivity contribution in [1.29, 1.82) is 0 Å². The maximum Gasteiger partial charge on any atom is 0.343 e. The van der Waals surface area contributed by atoms with Crippen molar-refractivity contribution in [2.75, 3.05) is 5.88 Å². The Hall–Kier alpha value is 0.730. The first-order chi connectivity index (χ1) is 4.48. The molecule has 0 aromatic heterocycles. The lowest BCUT2D eigenvalue weighted by atomic mass is 10.4. The van der Waals surface area contributed by atoms with Gasteiger partial charge >= 0.3 is 7.60 Å². The third kappa shape index (κ3) is 4.53. The van der Waals surface area contributed by atoms with Gasteiger partial charge in [0.05, 0.1) is 0 Å².